The van der Waals surface area contributed by atoms with Gasteiger partial charge in [0.15, 0.2) is 5.96 Å². The van der Waals surface area contributed by atoms with E-state index >= 15 is 0 Å². The highest BCUT2D eigenvalue weighted by Crippen LogP contribution is 2.36. The standard InChI is InChI=1S/C19H35N5S/c1-19(2,3)23-11-10-21-18(20-4)22-14-15-8-6-12-24(5)17(15)16-9-7-13-25-16/h7,9,13,15,17,23H,6,8,10-12,14H2,1-5H3,(H2,20,21,22). The monoisotopic (exact) mass is 365 g/mol. The zero-order valence-corrected chi connectivity index (χ0v) is 17.2. The van der Waals surface area contributed by atoms with E-state index in [0.29, 0.717) is 12.0 Å². The molecular formula is C19H35N5S. The fourth-order valence-electron chi connectivity index (χ4n) is 3.45. The average Bonchev–Trinajstić information content (AvgIpc) is 3.07. The molecule has 2 atom stereocenters. The number of thiophene rings is 1. The van der Waals surface area contributed by atoms with Crippen LogP contribution in [0.1, 0.15) is 44.5 Å². The molecule has 0 radical (unpaired) electrons. The van der Waals surface area contributed by atoms with Crippen molar-refractivity contribution < 1.29 is 0 Å². The Morgan fingerprint density at radius 2 is 2.12 bits per heavy atom. The number of hydrogen-bond acceptors (Lipinski definition) is 4. The number of nitrogens with zero attached hydrogens (tertiary/aromatic N) is 2. The van der Waals surface area contributed by atoms with Gasteiger partial charge in [0.1, 0.15) is 0 Å². The summed E-state index contributed by atoms with van der Waals surface area (Å²) in [7, 11) is 4.10. The lowest BCUT2D eigenvalue weighted by molar-refractivity contribution is 0.125. The van der Waals surface area contributed by atoms with Crippen molar-refractivity contribution in [1.29, 1.82) is 0 Å². The zero-order chi connectivity index (χ0) is 18.3. The maximum Gasteiger partial charge on any atom is 0.191 e. The topological polar surface area (TPSA) is 51.7 Å². The van der Waals surface area contributed by atoms with Crippen LogP contribution in [0, 0.1) is 5.92 Å². The fraction of sp³-hybridized carbons (Fsp3) is 0.737. The van der Waals surface area contributed by atoms with Crippen LogP contribution in [0.2, 0.25) is 0 Å². The number of likely N-dealkylation sites (tertiary alicyclic amines) is 1. The smallest absolute Gasteiger partial charge is 0.191 e. The van der Waals surface area contributed by atoms with Gasteiger partial charge in [0, 0.05) is 43.1 Å². The van der Waals surface area contributed by atoms with Gasteiger partial charge in [0.05, 0.1) is 0 Å². The van der Waals surface area contributed by atoms with Crippen LogP contribution in [-0.2, 0) is 0 Å². The predicted molar refractivity (Wildman–Crippen MR) is 110 cm³/mol. The van der Waals surface area contributed by atoms with Gasteiger partial charge in [-0.05, 0) is 64.6 Å². The molecule has 5 nitrogen and oxygen atoms in total. The predicted octanol–water partition coefficient (Wildman–Crippen LogP) is 2.68. The summed E-state index contributed by atoms with van der Waals surface area (Å²) in [4.78, 5) is 8.35. The van der Waals surface area contributed by atoms with Gasteiger partial charge in [-0.3, -0.25) is 9.89 Å². The first-order valence-electron chi connectivity index (χ1n) is 9.34. The van der Waals surface area contributed by atoms with Crippen molar-refractivity contribution in [3.05, 3.63) is 22.4 Å². The van der Waals surface area contributed by atoms with Crippen molar-refractivity contribution in [2.45, 2.75) is 45.2 Å². The van der Waals surface area contributed by atoms with Gasteiger partial charge in [-0.25, -0.2) is 0 Å². The van der Waals surface area contributed by atoms with E-state index in [0.717, 1.165) is 25.6 Å². The summed E-state index contributed by atoms with van der Waals surface area (Å²) >= 11 is 1.87. The van der Waals surface area contributed by atoms with Crippen molar-refractivity contribution in [2.75, 3.05) is 40.3 Å². The third-order valence-electron chi connectivity index (χ3n) is 4.67. The molecular weight excluding hydrogens is 330 g/mol. The number of nitrogens with one attached hydrogen (secondary N) is 3. The second-order valence-electron chi connectivity index (χ2n) is 7.90. The highest BCUT2D eigenvalue weighted by molar-refractivity contribution is 7.10. The van der Waals surface area contributed by atoms with E-state index in [-0.39, 0.29) is 5.54 Å². The molecule has 2 unspecified atom stereocenters. The molecule has 1 aliphatic heterocycles. The van der Waals surface area contributed by atoms with Crippen LogP contribution in [-0.4, -0.2) is 56.7 Å². The molecule has 0 saturated carbocycles. The zero-order valence-electron chi connectivity index (χ0n) is 16.4. The first kappa shape index (κ1) is 20.2. The number of hydrogen-bond donors (Lipinski definition) is 3. The first-order chi connectivity index (χ1) is 11.9. The molecule has 1 fully saturated rings. The van der Waals surface area contributed by atoms with Gasteiger partial charge in [-0.15, -0.1) is 11.3 Å². The fourth-order valence-corrected chi connectivity index (χ4v) is 4.43. The maximum atomic E-state index is 4.37. The quantitative estimate of drug-likeness (QED) is 0.412. The lowest BCUT2D eigenvalue weighted by atomic mass is 9.88. The Kier molecular flexibility index (Phi) is 7.72. The molecule has 2 rings (SSSR count). The molecule has 1 aliphatic rings. The van der Waals surface area contributed by atoms with Gasteiger partial charge in [-0.1, -0.05) is 6.07 Å². The number of piperidine rings is 1. The molecule has 0 aliphatic carbocycles. The number of aliphatic imine (C=N–C) groups is 1. The van der Waals surface area contributed by atoms with Crippen LogP contribution in [0.25, 0.3) is 0 Å². The summed E-state index contributed by atoms with van der Waals surface area (Å²) < 4.78 is 0. The maximum absolute atomic E-state index is 4.37. The summed E-state index contributed by atoms with van der Waals surface area (Å²) in [5.74, 6) is 1.51. The molecule has 0 aromatic carbocycles. The average molecular weight is 366 g/mol. The van der Waals surface area contributed by atoms with E-state index in [1.54, 1.807) is 0 Å². The van der Waals surface area contributed by atoms with Crippen LogP contribution in [0.15, 0.2) is 22.5 Å². The Bertz CT molecular complexity index is 520. The minimum Gasteiger partial charge on any atom is -0.356 e. The molecule has 2 heterocycles. The van der Waals surface area contributed by atoms with E-state index in [1.165, 1.54) is 24.3 Å². The van der Waals surface area contributed by atoms with Crippen LogP contribution in [0.5, 0.6) is 0 Å². The Balaban J connectivity index is 1.82. The van der Waals surface area contributed by atoms with E-state index < -0.39 is 0 Å². The van der Waals surface area contributed by atoms with Gasteiger partial charge < -0.3 is 16.0 Å². The van der Waals surface area contributed by atoms with Gasteiger partial charge >= 0.3 is 0 Å². The van der Waals surface area contributed by atoms with Crippen molar-refractivity contribution >= 4 is 17.3 Å². The number of guanidine groups is 1. The summed E-state index contributed by atoms with van der Waals surface area (Å²) in [6.07, 6.45) is 2.54. The van der Waals surface area contributed by atoms with Crippen molar-refractivity contribution in [3.8, 4) is 0 Å². The summed E-state index contributed by atoms with van der Waals surface area (Å²) in [6, 6.07) is 4.95. The Morgan fingerprint density at radius 1 is 1.32 bits per heavy atom. The van der Waals surface area contributed by atoms with Gasteiger partial charge in [-0.2, -0.15) is 0 Å². The van der Waals surface area contributed by atoms with Crippen molar-refractivity contribution in [2.24, 2.45) is 10.9 Å². The molecule has 142 valence electrons. The molecule has 6 heteroatoms. The van der Waals surface area contributed by atoms with Gasteiger partial charge in [0.25, 0.3) is 0 Å². The minimum absolute atomic E-state index is 0.152. The lowest BCUT2D eigenvalue weighted by Crippen LogP contribution is -2.47. The summed E-state index contributed by atoms with van der Waals surface area (Å²) in [5, 5.41) is 12.6. The van der Waals surface area contributed by atoms with Crippen LogP contribution in [0.4, 0.5) is 0 Å². The molecule has 3 N–H and O–H groups in total. The highest BCUT2D eigenvalue weighted by Gasteiger charge is 2.31. The summed E-state index contributed by atoms with van der Waals surface area (Å²) in [5.41, 5.74) is 0.152. The molecule has 1 aromatic heterocycles. The van der Waals surface area contributed by atoms with Crippen LogP contribution >= 0.6 is 11.3 Å². The Hall–Kier alpha value is -1.11. The van der Waals surface area contributed by atoms with Crippen LogP contribution in [0.3, 0.4) is 0 Å². The molecule has 1 aromatic rings. The highest BCUT2D eigenvalue weighted by atomic mass is 32.1. The number of rotatable bonds is 6. The van der Waals surface area contributed by atoms with E-state index in [1.807, 2.05) is 18.4 Å². The SMILES string of the molecule is CN=C(NCCNC(C)(C)C)NCC1CCCN(C)C1c1cccs1. The van der Waals surface area contributed by atoms with E-state index in [2.05, 4.69) is 71.2 Å². The molecule has 0 spiro atoms. The van der Waals surface area contributed by atoms with E-state index in [9.17, 15) is 0 Å². The first-order valence-corrected chi connectivity index (χ1v) is 10.2. The lowest BCUT2D eigenvalue weighted by Gasteiger charge is -2.39. The minimum atomic E-state index is 0.152. The van der Waals surface area contributed by atoms with Gasteiger partial charge in [0.2, 0.25) is 0 Å². The normalized spacial score (nSPS) is 22.8. The molecule has 25 heavy (non-hydrogen) atoms. The third-order valence-corrected chi connectivity index (χ3v) is 5.61. The van der Waals surface area contributed by atoms with Crippen molar-refractivity contribution in [3.63, 3.8) is 0 Å². The Morgan fingerprint density at radius 3 is 2.76 bits per heavy atom. The molecule has 0 bridgehead atoms. The van der Waals surface area contributed by atoms with Crippen LogP contribution < -0.4 is 16.0 Å². The second kappa shape index (κ2) is 9.55. The third kappa shape index (κ3) is 6.60. The summed E-state index contributed by atoms with van der Waals surface area (Å²) in [6.45, 7) is 10.5. The second-order valence-corrected chi connectivity index (χ2v) is 8.88. The van der Waals surface area contributed by atoms with E-state index in [4.69, 9.17) is 0 Å². The largest absolute Gasteiger partial charge is 0.356 e. The molecule has 0 amide bonds. The Labute approximate surface area is 157 Å². The molecule has 1 saturated heterocycles. The van der Waals surface area contributed by atoms with Crippen molar-refractivity contribution in [1.82, 2.24) is 20.9 Å².